The van der Waals surface area contributed by atoms with Crippen LogP contribution in [0.25, 0.3) is 0 Å². The predicted molar refractivity (Wildman–Crippen MR) is 113 cm³/mol. The number of fused-ring (bicyclic) bond motifs is 2. The van der Waals surface area contributed by atoms with Gasteiger partial charge in [0, 0.05) is 35.5 Å². The number of hydrogen-bond donors (Lipinski definition) is 0. The lowest BCUT2D eigenvalue weighted by Crippen LogP contribution is -3.00. The van der Waals surface area contributed by atoms with Crippen LogP contribution >= 0.6 is 27.3 Å². The molecule has 7 heteroatoms. The third-order valence-electron chi connectivity index (χ3n) is 6.34. The topological polar surface area (TPSA) is 29.5 Å². The zero-order chi connectivity index (χ0) is 19.0. The Morgan fingerprint density at radius 2 is 1.82 bits per heavy atom. The van der Waals surface area contributed by atoms with Crippen LogP contribution in [-0.4, -0.2) is 42.9 Å². The Morgan fingerprint density at radius 3 is 2.39 bits per heavy atom. The van der Waals surface area contributed by atoms with Crippen LogP contribution in [0.5, 0.6) is 0 Å². The van der Waals surface area contributed by atoms with Crippen LogP contribution in [-0.2, 0) is 11.3 Å². The number of rotatable bonds is 4. The van der Waals surface area contributed by atoms with Crippen molar-refractivity contribution in [2.24, 2.45) is 0 Å². The normalized spacial score (nSPS) is 25.0. The minimum absolute atomic E-state index is 0. The molecule has 152 valence electrons. The molecule has 2 fully saturated rings. The van der Waals surface area contributed by atoms with Crippen molar-refractivity contribution in [3.8, 4) is 0 Å². The largest absolute Gasteiger partial charge is 1.00 e. The first-order chi connectivity index (χ1) is 12.9. The molecule has 2 saturated heterocycles. The third kappa shape index (κ3) is 4.48. The fraction of sp³-hybridized carbons (Fsp3) is 0.476. The van der Waals surface area contributed by atoms with E-state index in [9.17, 15) is 4.79 Å². The maximum Gasteiger partial charge on any atom is 0.414 e. The molecule has 0 aliphatic carbocycles. The van der Waals surface area contributed by atoms with E-state index >= 15 is 0 Å². The van der Waals surface area contributed by atoms with Crippen LogP contribution in [0.1, 0.15) is 31.2 Å². The maximum atomic E-state index is 13.1. The lowest BCUT2D eigenvalue weighted by atomic mass is 9.98. The van der Waals surface area contributed by atoms with Gasteiger partial charge in [0.05, 0.1) is 38.4 Å². The van der Waals surface area contributed by atoms with E-state index in [-0.39, 0.29) is 29.2 Å². The lowest BCUT2D eigenvalue weighted by Gasteiger charge is -2.44. The summed E-state index contributed by atoms with van der Waals surface area (Å²) in [6, 6.07) is 11.3. The first kappa shape index (κ1) is 21.8. The highest BCUT2D eigenvalue weighted by Gasteiger charge is 2.50. The molecule has 0 spiro atoms. The molecule has 1 aromatic heterocycles. The molecule has 28 heavy (non-hydrogen) atoms. The highest BCUT2D eigenvalue weighted by atomic mass is 79.9. The van der Waals surface area contributed by atoms with Gasteiger partial charge in [-0.2, -0.15) is 11.3 Å². The smallest absolute Gasteiger partial charge is 0.414 e. The van der Waals surface area contributed by atoms with Crippen LogP contribution in [0.4, 0.5) is 10.5 Å². The number of hydrogen-bond acceptors (Lipinski definition) is 3. The number of piperidine rings is 1. The average molecular weight is 530 g/mol. The SMILES string of the molecule is C[N+]1(C)[C@@H]2CC[C@H]1CC(OC(=O)N(Cc1ccc(Br)cc1)c1ccsc1)C2.[Br-]. The monoisotopic (exact) mass is 528 g/mol. The Morgan fingerprint density at radius 1 is 1.18 bits per heavy atom. The quantitative estimate of drug-likeness (QED) is 0.569. The number of quaternary nitrogens is 1. The molecule has 2 bridgehead atoms. The van der Waals surface area contributed by atoms with Crippen LogP contribution in [0.3, 0.4) is 0 Å². The number of benzene rings is 1. The van der Waals surface area contributed by atoms with E-state index in [4.69, 9.17) is 4.74 Å². The van der Waals surface area contributed by atoms with Crippen LogP contribution < -0.4 is 21.9 Å². The standard InChI is InChI=1S/C21H26BrN2O2S.BrH/c1-24(2)18-7-8-19(24)12-20(11-18)26-21(25)23(17-9-10-27-14-17)13-15-3-5-16(22)6-4-15;/h3-6,9-10,14,18-20H,7-8,11-13H2,1-2H3;1H/q+1;/p-1/t18-,19+,20?;. The summed E-state index contributed by atoms with van der Waals surface area (Å²) < 4.78 is 8.14. The van der Waals surface area contributed by atoms with E-state index in [2.05, 4.69) is 30.0 Å². The summed E-state index contributed by atoms with van der Waals surface area (Å²) in [6.07, 6.45) is 4.26. The van der Waals surface area contributed by atoms with Gasteiger partial charge in [0.1, 0.15) is 6.10 Å². The first-order valence-electron chi connectivity index (χ1n) is 9.51. The molecule has 4 nitrogen and oxygen atoms in total. The van der Waals surface area contributed by atoms with Crippen molar-refractivity contribution in [1.29, 1.82) is 0 Å². The number of anilines is 1. The summed E-state index contributed by atoms with van der Waals surface area (Å²) >= 11 is 5.06. The maximum absolute atomic E-state index is 13.1. The summed E-state index contributed by atoms with van der Waals surface area (Å²) in [6.45, 7) is 0.518. The van der Waals surface area contributed by atoms with Gasteiger partial charge in [-0.15, -0.1) is 0 Å². The molecule has 1 amide bonds. The molecule has 2 aliphatic heterocycles. The van der Waals surface area contributed by atoms with Crippen molar-refractivity contribution in [3.63, 3.8) is 0 Å². The van der Waals surface area contributed by atoms with Gasteiger partial charge in [-0.3, -0.25) is 4.90 Å². The molecule has 0 saturated carbocycles. The number of carbonyl (C=O) groups excluding carboxylic acids is 1. The Balaban J connectivity index is 0.00000225. The fourth-order valence-electron chi connectivity index (χ4n) is 4.58. The van der Waals surface area contributed by atoms with Crippen molar-refractivity contribution < 1.29 is 31.0 Å². The van der Waals surface area contributed by atoms with Gasteiger partial charge in [0.25, 0.3) is 0 Å². The van der Waals surface area contributed by atoms with Crippen LogP contribution in [0.15, 0.2) is 45.6 Å². The van der Waals surface area contributed by atoms with Crippen LogP contribution in [0.2, 0.25) is 0 Å². The zero-order valence-electron chi connectivity index (χ0n) is 16.2. The molecule has 1 unspecified atom stereocenters. The Labute approximate surface area is 190 Å². The highest BCUT2D eigenvalue weighted by molar-refractivity contribution is 9.10. The summed E-state index contributed by atoms with van der Waals surface area (Å²) in [7, 11) is 4.65. The van der Waals surface area contributed by atoms with E-state index in [0.29, 0.717) is 18.6 Å². The number of halogens is 2. The van der Waals surface area contributed by atoms with Crippen molar-refractivity contribution in [1.82, 2.24) is 0 Å². The molecule has 4 rings (SSSR count). The molecule has 1 aromatic carbocycles. The van der Waals surface area contributed by atoms with E-state index in [0.717, 1.165) is 33.0 Å². The first-order valence-corrected chi connectivity index (χ1v) is 11.2. The van der Waals surface area contributed by atoms with Crippen molar-refractivity contribution >= 4 is 39.0 Å². The number of thiophene rings is 1. The molecular weight excluding hydrogens is 504 g/mol. The number of amides is 1. The molecule has 3 heterocycles. The molecule has 0 radical (unpaired) electrons. The summed E-state index contributed by atoms with van der Waals surface area (Å²) in [5.74, 6) is 0. The fourth-order valence-corrected chi connectivity index (χ4v) is 5.48. The second-order valence-corrected chi connectivity index (χ2v) is 9.88. The minimum atomic E-state index is -0.229. The Hall–Kier alpha value is -0.890. The van der Waals surface area contributed by atoms with Gasteiger partial charge in [0.15, 0.2) is 0 Å². The Kier molecular flexibility index (Phi) is 6.90. The highest BCUT2D eigenvalue weighted by Crippen LogP contribution is 2.40. The summed E-state index contributed by atoms with van der Waals surface area (Å²) in [5.41, 5.74) is 1.99. The van der Waals surface area contributed by atoms with Gasteiger partial charge >= 0.3 is 6.09 Å². The minimum Gasteiger partial charge on any atom is -1.00 e. The number of carbonyl (C=O) groups is 1. The van der Waals surface area contributed by atoms with Gasteiger partial charge in [-0.1, -0.05) is 28.1 Å². The van der Waals surface area contributed by atoms with E-state index in [1.807, 2.05) is 41.1 Å². The van der Waals surface area contributed by atoms with Gasteiger partial charge in [0.2, 0.25) is 0 Å². The lowest BCUT2D eigenvalue weighted by molar-refractivity contribution is -0.931. The number of ether oxygens (including phenoxy) is 1. The Bertz CT molecular complexity index is 779. The van der Waals surface area contributed by atoms with Gasteiger partial charge in [-0.25, -0.2) is 4.79 Å². The van der Waals surface area contributed by atoms with Gasteiger partial charge < -0.3 is 26.2 Å². The molecule has 3 atom stereocenters. The third-order valence-corrected chi connectivity index (χ3v) is 7.54. The van der Waals surface area contributed by atoms with Gasteiger partial charge in [-0.05, 0) is 29.1 Å². The van der Waals surface area contributed by atoms with Crippen LogP contribution in [0, 0.1) is 0 Å². The molecule has 0 N–H and O–H groups in total. The summed E-state index contributed by atoms with van der Waals surface area (Å²) in [5, 5.41) is 4.00. The average Bonchev–Trinajstić information content (AvgIpc) is 3.17. The summed E-state index contributed by atoms with van der Waals surface area (Å²) in [4.78, 5) is 14.8. The van der Waals surface area contributed by atoms with Crippen molar-refractivity contribution in [3.05, 3.63) is 51.1 Å². The van der Waals surface area contributed by atoms with E-state index < -0.39 is 0 Å². The van der Waals surface area contributed by atoms with E-state index in [1.165, 1.54) is 12.8 Å². The molecule has 2 aromatic rings. The van der Waals surface area contributed by atoms with E-state index in [1.54, 1.807) is 16.2 Å². The van der Waals surface area contributed by atoms with Crippen molar-refractivity contribution in [2.75, 3.05) is 19.0 Å². The number of nitrogens with zero attached hydrogens (tertiary/aromatic N) is 2. The second kappa shape index (κ2) is 8.86. The molecular formula is C21H26Br2N2O2S. The second-order valence-electron chi connectivity index (χ2n) is 8.19. The molecule has 2 aliphatic rings. The van der Waals surface area contributed by atoms with Crippen molar-refractivity contribution in [2.45, 2.75) is 50.4 Å². The predicted octanol–water partition coefficient (Wildman–Crippen LogP) is 2.43. The zero-order valence-corrected chi connectivity index (χ0v) is 20.2.